The third-order valence-electron chi connectivity index (χ3n) is 2.82. The van der Waals surface area contributed by atoms with E-state index in [0.29, 0.717) is 0 Å². The molecule has 1 N–H and O–H groups in total. The fourth-order valence-corrected chi connectivity index (χ4v) is 1.73. The number of hydrogen-bond acceptors (Lipinski definition) is 1. The molecule has 0 aliphatic heterocycles. The molecule has 0 atom stereocenters. The Morgan fingerprint density at radius 2 is 1.69 bits per heavy atom. The number of aliphatic hydroxyl groups is 1. The fourth-order valence-electron chi connectivity index (χ4n) is 1.73. The maximum Gasteiger partial charge on any atom is 0.0893 e. The lowest BCUT2D eigenvalue weighted by Gasteiger charge is -2.27. The van der Waals surface area contributed by atoms with Crippen molar-refractivity contribution in [1.82, 2.24) is 0 Å². The van der Waals surface area contributed by atoms with Gasteiger partial charge in [-0.2, -0.15) is 0 Å². The molecule has 0 saturated carbocycles. The van der Waals surface area contributed by atoms with Gasteiger partial charge in [-0.15, -0.1) is 0 Å². The van der Waals surface area contributed by atoms with E-state index in [1.54, 1.807) is 0 Å². The number of benzene rings is 1. The van der Waals surface area contributed by atoms with Crippen LogP contribution in [0.25, 0.3) is 0 Å². The molecule has 0 amide bonds. The summed E-state index contributed by atoms with van der Waals surface area (Å²) in [5.41, 5.74) is 1.61. The molecule has 0 aromatic heterocycles. The van der Waals surface area contributed by atoms with Gasteiger partial charge in [0.25, 0.3) is 0 Å². The summed E-state index contributed by atoms with van der Waals surface area (Å²) in [5.74, 6) is 0. The summed E-state index contributed by atoms with van der Waals surface area (Å²) >= 11 is 0. The minimum atomic E-state index is -0.634. The molecule has 1 nitrogen and oxygen atoms in total. The highest BCUT2D eigenvalue weighted by Crippen LogP contribution is 2.30. The molecule has 72 valence electrons. The van der Waals surface area contributed by atoms with Gasteiger partial charge in [0.2, 0.25) is 0 Å². The van der Waals surface area contributed by atoms with Crippen molar-refractivity contribution in [3.63, 3.8) is 0 Å². The molecule has 0 heterocycles. The molecule has 0 radical (unpaired) electrons. The Labute approximate surface area is 80.4 Å². The summed E-state index contributed by atoms with van der Waals surface area (Å²) in [7, 11) is 0. The highest BCUT2D eigenvalue weighted by Gasteiger charge is 2.25. The Bertz CT molecular complexity index is 274. The first-order chi connectivity index (χ1) is 6.14. The van der Waals surface area contributed by atoms with E-state index >= 15 is 0 Å². The normalized spacial score (nSPS) is 11.7. The molecular weight excluding hydrogens is 160 g/mol. The molecule has 1 aromatic rings. The molecule has 0 bridgehead atoms. The molecule has 1 rings (SSSR count). The zero-order valence-corrected chi connectivity index (χ0v) is 8.67. The maximum absolute atomic E-state index is 10.3. The summed E-state index contributed by atoms with van der Waals surface area (Å²) in [6, 6.07) is 8.05. The van der Waals surface area contributed by atoms with Crippen LogP contribution in [-0.4, -0.2) is 5.11 Å². The Kier molecular flexibility index (Phi) is 3.10. The third kappa shape index (κ3) is 1.92. The van der Waals surface area contributed by atoms with Crippen molar-refractivity contribution in [2.75, 3.05) is 0 Å². The standard InChI is InChI=1S/C12H18O/c1-4-12(13,5-2)11-9-7-6-8-10(11)3/h6-9,13H,4-5H2,1-3H3. The van der Waals surface area contributed by atoms with E-state index in [4.69, 9.17) is 0 Å². The second kappa shape index (κ2) is 3.93. The van der Waals surface area contributed by atoms with Gasteiger partial charge in [0, 0.05) is 0 Å². The first kappa shape index (κ1) is 10.3. The van der Waals surface area contributed by atoms with Crippen molar-refractivity contribution in [2.24, 2.45) is 0 Å². The fraction of sp³-hybridized carbons (Fsp3) is 0.500. The predicted molar refractivity (Wildman–Crippen MR) is 55.7 cm³/mol. The Balaban J connectivity index is 3.12. The van der Waals surface area contributed by atoms with Crippen LogP contribution in [0, 0.1) is 6.92 Å². The Hall–Kier alpha value is -0.820. The van der Waals surface area contributed by atoms with Crippen LogP contribution < -0.4 is 0 Å². The van der Waals surface area contributed by atoms with Crippen LogP contribution in [0.1, 0.15) is 37.8 Å². The number of aryl methyl sites for hydroxylation is 1. The minimum absolute atomic E-state index is 0.634. The lowest BCUT2D eigenvalue weighted by Crippen LogP contribution is -2.24. The van der Waals surface area contributed by atoms with Crippen LogP contribution in [0.5, 0.6) is 0 Å². The van der Waals surface area contributed by atoms with E-state index in [1.807, 2.05) is 45.0 Å². The van der Waals surface area contributed by atoms with Gasteiger partial charge >= 0.3 is 0 Å². The van der Waals surface area contributed by atoms with Crippen molar-refractivity contribution in [1.29, 1.82) is 0 Å². The topological polar surface area (TPSA) is 20.2 Å². The van der Waals surface area contributed by atoms with Gasteiger partial charge in [-0.25, -0.2) is 0 Å². The summed E-state index contributed by atoms with van der Waals surface area (Å²) < 4.78 is 0. The van der Waals surface area contributed by atoms with Crippen LogP contribution in [0.2, 0.25) is 0 Å². The maximum atomic E-state index is 10.3. The molecule has 0 aliphatic rings. The van der Waals surface area contributed by atoms with Gasteiger partial charge in [-0.1, -0.05) is 38.1 Å². The Morgan fingerprint density at radius 3 is 2.15 bits per heavy atom. The lowest BCUT2D eigenvalue weighted by molar-refractivity contribution is 0.0278. The highest BCUT2D eigenvalue weighted by atomic mass is 16.3. The molecular formula is C12H18O. The first-order valence-electron chi connectivity index (χ1n) is 4.92. The molecule has 0 saturated heterocycles. The van der Waals surface area contributed by atoms with Crippen molar-refractivity contribution in [2.45, 2.75) is 39.2 Å². The smallest absolute Gasteiger partial charge is 0.0893 e. The quantitative estimate of drug-likeness (QED) is 0.754. The molecule has 0 aliphatic carbocycles. The lowest BCUT2D eigenvalue weighted by atomic mass is 9.86. The zero-order valence-electron chi connectivity index (χ0n) is 8.67. The molecule has 13 heavy (non-hydrogen) atoms. The largest absolute Gasteiger partial charge is 0.385 e. The first-order valence-corrected chi connectivity index (χ1v) is 4.92. The van der Waals surface area contributed by atoms with Gasteiger partial charge in [-0.3, -0.25) is 0 Å². The van der Waals surface area contributed by atoms with Crippen molar-refractivity contribution < 1.29 is 5.11 Å². The SMILES string of the molecule is CCC(O)(CC)c1ccccc1C. The van der Waals surface area contributed by atoms with Crippen LogP contribution in [0.4, 0.5) is 0 Å². The summed E-state index contributed by atoms with van der Waals surface area (Å²) in [6.45, 7) is 6.09. The van der Waals surface area contributed by atoms with Crippen molar-refractivity contribution in [3.05, 3.63) is 35.4 Å². The molecule has 0 spiro atoms. The average molecular weight is 178 g/mol. The minimum Gasteiger partial charge on any atom is -0.385 e. The highest BCUT2D eigenvalue weighted by molar-refractivity contribution is 5.30. The van der Waals surface area contributed by atoms with E-state index < -0.39 is 5.60 Å². The van der Waals surface area contributed by atoms with Crippen LogP contribution in [0.3, 0.4) is 0 Å². The van der Waals surface area contributed by atoms with E-state index in [1.165, 1.54) is 5.56 Å². The van der Waals surface area contributed by atoms with Gasteiger partial charge in [0.1, 0.15) is 0 Å². The third-order valence-corrected chi connectivity index (χ3v) is 2.82. The second-order valence-electron chi connectivity index (χ2n) is 3.55. The van der Waals surface area contributed by atoms with Gasteiger partial charge in [0.15, 0.2) is 0 Å². The summed E-state index contributed by atoms with van der Waals surface area (Å²) in [6.07, 6.45) is 1.54. The van der Waals surface area contributed by atoms with Crippen LogP contribution >= 0.6 is 0 Å². The second-order valence-corrected chi connectivity index (χ2v) is 3.55. The van der Waals surface area contributed by atoms with E-state index in [0.717, 1.165) is 18.4 Å². The molecule has 1 aromatic carbocycles. The van der Waals surface area contributed by atoms with E-state index in [9.17, 15) is 5.11 Å². The van der Waals surface area contributed by atoms with Crippen molar-refractivity contribution >= 4 is 0 Å². The summed E-state index contributed by atoms with van der Waals surface area (Å²) in [5, 5.41) is 10.3. The van der Waals surface area contributed by atoms with E-state index in [2.05, 4.69) is 0 Å². The predicted octanol–water partition coefficient (Wildman–Crippen LogP) is 3.00. The monoisotopic (exact) mass is 178 g/mol. The zero-order chi connectivity index (χ0) is 9.90. The average Bonchev–Trinajstić information content (AvgIpc) is 2.17. The van der Waals surface area contributed by atoms with Crippen LogP contribution in [-0.2, 0) is 5.60 Å². The van der Waals surface area contributed by atoms with E-state index in [-0.39, 0.29) is 0 Å². The number of rotatable bonds is 3. The molecule has 0 fully saturated rings. The summed E-state index contributed by atoms with van der Waals surface area (Å²) in [4.78, 5) is 0. The molecule has 0 unspecified atom stereocenters. The van der Waals surface area contributed by atoms with Gasteiger partial charge in [-0.05, 0) is 30.9 Å². The van der Waals surface area contributed by atoms with Gasteiger partial charge in [0.05, 0.1) is 5.60 Å². The van der Waals surface area contributed by atoms with Gasteiger partial charge < -0.3 is 5.11 Å². The van der Waals surface area contributed by atoms with Crippen LogP contribution in [0.15, 0.2) is 24.3 Å². The van der Waals surface area contributed by atoms with Crippen molar-refractivity contribution in [3.8, 4) is 0 Å². The number of hydrogen-bond donors (Lipinski definition) is 1. The Morgan fingerprint density at radius 1 is 1.15 bits per heavy atom. The molecule has 1 heteroatoms.